The first-order valence-corrected chi connectivity index (χ1v) is 16.9. The van der Waals surface area contributed by atoms with E-state index in [9.17, 15) is 14.3 Å². The Kier molecular flexibility index (Phi) is 23.1. The largest absolute Gasteiger partial charge is 0.457 e. The molecule has 0 radical (unpaired) electrons. The Morgan fingerprint density at radius 1 is 0.838 bits per heavy atom. The summed E-state index contributed by atoms with van der Waals surface area (Å²) < 4.78 is 28.9. The maximum absolute atomic E-state index is 12.3. The molecule has 0 aromatic carbocycles. The van der Waals surface area contributed by atoms with Crippen LogP contribution in [0.25, 0.3) is 0 Å². The summed E-state index contributed by atoms with van der Waals surface area (Å²) in [6.45, 7) is 9.83. The summed E-state index contributed by atoms with van der Waals surface area (Å²) in [5.41, 5.74) is 0. The third kappa shape index (κ3) is 24.3. The predicted molar refractivity (Wildman–Crippen MR) is 153 cm³/mol. The summed E-state index contributed by atoms with van der Waals surface area (Å²) in [6, 6.07) is 0. The highest BCUT2D eigenvalue weighted by Crippen LogP contribution is 2.41. The van der Waals surface area contributed by atoms with Gasteiger partial charge in [0.05, 0.1) is 40.0 Å². The molecule has 0 aromatic rings. The third-order valence-corrected chi connectivity index (χ3v) is 8.01. The normalized spacial score (nSPS) is 15.9. The number of esters is 1. The van der Waals surface area contributed by atoms with Crippen LogP contribution in [-0.2, 0) is 23.4 Å². The number of carbonyl (C=O) groups is 1. The fourth-order valence-corrected chi connectivity index (χ4v) is 5.71. The topological polar surface area (TPSA) is 86.5 Å². The molecule has 0 saturated heterocycles. The zero-order chi connectivity index (χ0) is 27.9. The second-order valence-electron chi connectivity index (χ2n) is 11.4. The lowest BCUT2D eigenvalue weighted by Crippen LogP contribution is -3.06. The van der Waals surface area contributed by atoms with E-state index in [1.807, 2.05) is 21.0 Å². The molecule has 0 spiro atoms. The van der Waals surface area contributed by atoms with E-state index in [0.29, 0.717) is 37.8 Å². The molecule has 8 heteroatoms. The standard InChI is InChI=1S/C29H60NO6P/c1-7-9-10-11-12-13-14-15-16-17-19-26(3)22-27(4)23-34-24-28(36-29(31)18-8-2)25-35-37(32,33)21-20-30(5)6/h26-28H,7-25H2,1-6H3,(H,32,33)/p+1. The number of rotatable bonds is 26. The summed E-state index contributed by atoms with van der Waals surface area (Å²) in [7, 11) is 0.115. The molecule has 0 bridgehead atoms. The van der Waals surface area contributed by atoms with E-state index < -0.39 is 13.7 Å². The van der Waals surface area contributed by atoms with Gasteiger partial charge in [0.1, 0.15) is 6.10 Å². The molecule has 0 aliphatic rings. The van der Waals surface area contributed by atoms with Gasteiger partial charge in [0, 0.05) is 13.0 Å². The van der Waals surface area contributed by atoms with Crippen molar-refractivity contribution in [3.8, 4) is 0 Å². The average Bonchev–Trinajstić information content (AvgIpc) is 2.82. The molecule has 0 saturated carbocycles. The molecule has 0 aliphatic carbocycles. The van der Waals surface area contributed by atoms with Gasteiger partial charge >= 0.3 is 13.6 Å². The van der Waals surface area contributed by atoms with Gasteiger partial charge < -0.3 is 23.8 Å². The van der Waals surface area contributed by atoms with Crippen LogP contribution in [0.15, 0.2) is 0 Å². The number of hydrogen-bond acceptors (Lipinski definition) is 5. The van der Waals surface area contributed by atoms with E-state index in [-0.39, 0.29) is 25.3 Å². The molecular formula is C29H61NO6P+. The van der Waals surface area contributed by atoms with Gasteiger partial charge in [0.2, 0.25) is 0 Å². The number of carbonyl (C=O) groups excluding carboxylic acids is 1. The Hall–Kier alpha value is -0.460. The van der Waals surface area contributed by atoms with Crippen LogP contribution in [0.2, 0.25) is 0 Å². The van der Waals surface area contributed by atoms with Gasteiger partial charge in [-0.25, -0.2) is 0 Å². The summed E-state index contributed by atoms with van der Waals surface area (Å²) in [6.07, 6.45) is 16.4. The van der Waals surface area contributed by atoms with Crippen LogP contribution in [0.1, 0.15) is 118 Å². The minimum atomic E-state index is -3.72. The van der Waals surface area contributed by atoms with Crippen LogP contribution in [0.5, 0.6) is 0 Å². The van der Waals surface area contributed by atoms with E-state index in [2.05, 4.69) is 20.8 Å². The highest BCUT2D eigenvalue weighted by atomic mass is 31.2. The maximum atomic E-state index is 12.3. The molecule has 222 valence electrons. The Labute approximate surface area is 228 Å². The van der Waals surface area contributed by atoms with Crippen molar-refractivity contribution < 1.29 is 33.2 Å². The van der Waals surface area contributed by atoms with Gasteiger partial charge in [0.15, 0.2) is 0 Å². The molecule has 4 unspecified atom stereocenters. The van der Waals surface area contributed by atoms with E-state index in [0.717, 1.165) is 11.3 Å². The van der Waals surface area contributed by atoms with Crippen molar-refractivity contribution in [3.05, 3.63) is 0 Å². The van der Waals surface area contributed by atoms with Crippen molar-refractivity contribution in [2.24, 2.45) is 11.8 Å². The molecule has 0 aliphatic heterocycles. The summed E-state index contributed by atoms with van der Waals surface area (Å²) in [5, 5.41) is 0. The lowest BCUT2D eigenvalue weighted by Gasteiger charge is -2.22. The van der Waals surface area contributed by atoms with Crippen molar-refractivity contribution >= 4 is 13.6 Å². The first-order chi connectivity index (χ1) is 17.6. The number of nitrogens with one attached hydrogen (secondary N) is 1. The monoisotopic (exact) mass is 550 g/mol. The van der Waals surface area contributed by atoms with Crippen LogP contribution in [0.4, 0.5) is 0 Å². The van der Waals surface area contributed by atoms with Crippen molar-refractivity contribution in [2.45, 2.75) is 124 Å². The van der Waals surface area contributed by atoms with Gasteiger partial charge in [-0.05, 0) is 24.7 Å². The number of hydrogen-bond donors (Lipinski definition) is 2. The van der Waals surface area contributed by atoms with Crippen molar-refractivity contribution in [3.63, 3.8) is 0 Å². The van der Waals surface area contributed by atoms with Crippen molar-refractivity contribution in [1.82, 2.24) is 0 Å². The smallest absolute Gasteiger partial charge is 0.333 e. The summed E-state index contributed by atoms with van der Waals surface area (Å²) in [5.74, 6) is 0.731. The molecule has 0 amide bonds. The Bertz CT molecular complexity index is 589. The highest BCUT2D eigenvalue weighted by Gasteiger charge is 2.25. The average molecular weight is 551 g/mol. The van der Waals surface area contributed by atoms with E-state index >= 15 is 0 Å². The first kappa shape index (κ1) is 36.5. The van der Waals surface area contributed by atoms with Crippen molar-refractivity contribution in [1.29, 1.82) is 0 Å². The van der Waals surface area contributed by atoms with Gasteiger partial charge in [-0.1, -0.05) is 98.3 Å². The minimum Gasteiger partial charge on any atom is -0.457 e. The van der Waals surface area contributed by atoms with E-state index in [4.69, 9.17) is 14.0 Å². The number of ether oxygens (including phenoxy) is 2. The second kappa shape index (κ2) is 23.4. The molecule has 0 fully saturated rings. The Morgan fingerprint density at radius 3 is 2.00 bits per heavy atom. The minimum absolute atomic E-state index is 0.0692. The van der Waals surface area contributed by atoms with Crippen LogP contribution in [-0.4, -0.2) is 63.6 Å². The lowest BCUT2D eigenvalue weighted by atomic mass is 9.93. The van der Waals surface area contributed by atoms with Crippen molar-refractivity contribution in [2.75, 3.05) is 46.6 Å². The third-order valence-electron chi connectivity index (χ3n) is 6.67. The van der Waals surface area contributed by atoms with Crippen LogP contribution < -0.4 is 4.90 Å². The zero-order valence-corrected chi connectivity index (χ0v) is 26.0. The summed E-state index contributed by atoms with van der Waals surface area (Å²) >= 11 is 0. The van der Waals surface area contributed by atoms with E-state index in [1.54, 1.807) is 0 Å². The Morgan fingerprint density at radius 2 is 1.43 bits per heavy atom. The molecule has 37 heavy (non-hydrogen) atoms. The van der Waals surface area contributed by atoms with Crippen LogP contribution >= 0.6 is 7.60 Å². The molecule has 0 aromatic heterocycles. The molecule has 4 atom stereocenters. The van der Waals surface area contributed by atoms with E-state index in [1.165, 1.54) is 70.6 Å². The number of quaternary nitrogens is 1. The predicted octanol–water partition coefficient (Wildman–Crippen LogP) is 6.03. The molecule has 2 N–H and O–H groups in total. The Balaban J connectivity index is 4.18. The molecule has 0 heterocycles. The van der Waals surface area contributed by atoms with Gasteiger partial charge in [-0.3, -0.25) is 9.36 Å². The highest BCUT2D eigenvalue weighted by molar-refractivity contribution is 7.52. The fraction of sp³-hybridized carbons (Fsp3) is 0.966. The quantitative estimate of drug-likeness (QED) is 0.0776. The van der Waals surface area contributed by atoms with Gasteiger partial charge in [-0.2, -0.15) is 0 Å². The second-order valence-corrected chi connectivity index (χ2v) is 13.4. The number of unbranched alkanes of at least 4 members (excludes halogenated alkanes) is 9. The van der Waals surface area contributed by atoms with Gasteiger partial charge in [0.25, 0.3) is 0 Å². The zero-order valence-electron chi connectivity index (χ0n) is 25.1. The van der Waals surface area contributed by atoms with Crippen LogP contribution in [0.3, 0.4) is 0 Å². The lowest BCUT2D eigenvalue weighted by molar-refractivity contribution is -0.855. The van der Waals surface area contributed by atoms with Crippen LogP contribution in [0, 0.1) is 11.8 Å². The van der Waals surface area contributed by atoms with Gasteiger partial charge in [-0.15, -0.1) is 0 Å². The fourth-order valence-electron chi connectivity index (χ4n) is 4.45. The maximum Gasteiger partial charge on any atom is 0.333 e. The molecular weight excluding hydrogens is 489 g/mol. The molecule has 7 nitrogen and oxygen atoms in total. The SMILES string of the molecule is CCCCCCCCCCCCC(C)CC(C)COCC(COP(=O)(O)CC[NH+](C)C)OC(=O)CCC. The molecule has 0 rings (SSSR count). The first-order valence-electron chi connectivity index (χ1n) is 15.1. The summed E-state index contributed by atoms with van der Waals surface area (Å²) in [4.78, 5) is 23.1.